The topological polar surface area (TPSA) is 105 Å². The summed E-state index contributed by atoms with van der Waals surface area (Å²) in [5.74, 6) is -0.218. The van der Waals surface area contributed by atoms with E-state index in [2.05, 4.69) is 69.6 Å². The van der Waals surface area contributed by atoms with Crippen LogP contribution in [-0.2, 0) is 8.85 Å². The molecule has 0 aromatic carbocycles. The fraction of sp³-hybridized carbons (Fsp3) is 0.520. The number of carbonyl (C=O) groups is 1. The number of aromatic nitrogens is 4. The lowest BCUT2D eigenvalue weighted by Crippen LogP contribution is -2.42. The molecule has 0 aliphatic carbocycles. The second kappa shape index (κ2) is 10.3. The van der Waals surface area contributed by atoms with Crippen molar-refractivity contribution in [3.8, 4) is 0 Å². The molecule has 0 saturated carbocycles. The molecule has 1 unspecified atom stereocenters. The summed E-state index contributed by atoms with van der Waals surface area (Å²) in [5.41, 5.74) is 7.85. The van der Waals surface area contributed by atoms with Crippen LogP contribution in [0.3, 0.4) is 0 Å². The van der Waals surface area contributed by atoms with E-state index in [1.54, 1.807) is 24.5 Å². The third kappa shape index (κ3) is 6.63. The van der Waals surface area contributed by atoms with Gasteiger partial charge in [-0.3, -0.25) is 9.78 Å². The quantitative estimate of drug-likeness (QED) is 0.331. The van der Waals surface area contributed by atoms with Crippen LogP contribution in [0.2, 0.25) is 23.2 Å². The van der Waals surface area contributed by atoms with Crippen molar-refractivity contribution in [2.75, 3.05) is 18.9 Å². The molecule has 0 aliphatic rings. The Morgan fingerprint density at radius 3 is 2.51 bits per heavy atom. The van der Waals surface area contributed by atoms with E-state index < -0.39 is 18.1 Å². The van der Waals surface area contributed by atoms with Gasteiger partial charge in [0.1, 0.15) is 17.7 Å². The van der Waals surface area contributed by atoms with Crippen molar-refractivity contribution in [2.24, 2.45) is 0 Å². The van der Waals surface area contributed by atoms with Crippen LogP contribution < -0.4 is 5.73 Å². The third-order valence-corrected chi connectivity index (χ3v) is 12.2. The van der Waals surface area contributed by atoms with Gasteiger partial charge in [0.2, 0.25) is 5.78 Å². The fourth-order valence-electron chi connectivity index (χ4n) is 3.39. The summed E-state index contributed by atoms with van der Waals surface area (Å²) in [6.07, 6.45) is 6.56. The minimum atomic E-state index is -2.00. The van der Waals surface area contributed by atoms with Crippen molar-refractivity contribution in [1.29, 1.82) is 0 Å². The second-order valence-electron chi connectivity index (χ2n) is 11.8. The maximum absolute atomic E-state index is 13.4. The molecule has 0 amide bonds. The van der Waals surface area contributed by atoms with E-state index in [1.165, 1.54) is 6.33 Å². The van der Waals surface area contributed by atoms with Gasteiger partial charge in [0.05, 0.1) is 24.8 Å². The highest BCUT2D eigenvalue weighted by molar-refractivity contribution is 6.74. The Hall–Kier alpha value is -2.41. The van der Waals surface area contributed by atoms with Crippen LogP contribution in [0, 0.1) is 0 Å². The number of nitrogens with two attached hydrogens (primary N) is 1. The van der Waals surface area contributed by atoms with Gasteiger partial charge in [-0.1, -0.05) is 41.5 Å². The summed E-state index contributed by atoms with van der Waals surface area (Å²) in [4.78, 5) is 26.4. The summed E-state index contributed by atoms with van der Waals surface area (Å²) < 4.78 is 14.9. The minimum Gasteiger partial charge on any atom is -0.421 e. The van der Waals surface area contributed by atoms with E-state index in [4.69, 9.17) is 14.6 Å². The molecule has 0 spiro atoms. The first-order chi connectivity index (χ1) is 16.2. The van der Waals surface area contributed by atoms with Gasteiger partial charge >= 0.3 is 0 Å². The average Bonchev–Trinajstić information content (AvgIpc) is 3.13. The lowest BCUT2D eigenvalue weighted by molar-refractivity contribution is 0.103. The largest absolute Gasteiger partial charge is 0.421 e. The van der Waals surface area contributed by atoms with Crippen LogP contribution in [0.25, 0.3) is 11.0 Å². The van der Waals surface area contributed by atoms with E-state index in [0.29, 0.717) is 41.2 Å². The summed E-state index contributed by atoms with van der Waals surface area (Å²) >= 11 is 0. The van der Waals surface area contributed by atoms with Crippen molar-refractivity contribution in [3.63, 3.8) is 0 Å². The standard InChI is InChI=1S/C25H39N5O3Si2/c1-24(2,3)34-32-14-18(15-33-35(7,8)25(4,5)6)30-13-20(19-12-27-16-29-23(19)30)22(31)21-11-17(26)9-10-28-21/h9-13,16,18H,14-15,34H2,1-8H3,(H2,26,28). The lowest BCUT2D eigenvalue weighted by atomic mass is 10.1. The molecule has 1 atom stereocenters. The number of rotatable bonds is 9. The molecule has 8 nitrogen and oxygen atoms in total. The number of anilines is 1. The molecule has 0 aliphatic heterocycles. The normalized spacial score (nSPS) is 14.2. The van der Waals surface area contributed by atoms with Crippen molar-refractivity contribution in [3.05, 3.63) is 48.3 Å². The Kier molecular flexibility index (Phi) is 8.00. The van der Waals surface area contributed by atoms with Crippen molar-refractivity contribution in [2.45, 2.75) is 70.8 Å². The second-order valence-corrected chi connectivity index (χ2v) is 19.4. The Morgan fingerprint density at radius 1 is 1.17 bits per heavy atom. The Morgan fingerprint density at radius 2 is 1.89 bits per heavy atom. The van der Waals surface area contributed by atoms with Gasteiger partial charge in [-0.15, -0.1) is 0 Å². The lowest BCUT2D eigenvalue weighted by Gasteiger charge is -2.37. The van der Waals surface area contributed by atoms with E-state index in [9.17, 15) is 4.79 Å². The van der Waals surface area contributed by atoms with Gasteiger partial charge < -0.3 is 19.2 Å². The van der Waals surface area contributed by atoms with Gasteiger partial charge in [-0.05, 0) is 35.3 Å². The highest BCUT2D eigenvalue weighted by atomic mass is 28.4. The van der Waals surface area contributed by atoms with Gasteiger partial charge in [0.25, 0.3) is 0 Å². The SMILES string of the molecule is CC(C)(C)[SiH2]OCC(CO[Si](C)(C)C(C)(C)C)n1cc(C(=O)c2cc(N)ccn2)c2cncnc21. The molecular formula is C25H39N5O3Si2. The molecule has 35 heavy (non-hydrogen) atoms. The molecule has 3 heterocycles. The zero-order valence-electron chi connectivity index (χ0n) is 22.3. The van der Waals surface area contributed by atoms with Crippen molar-refractivity contribution < 1.29 is 13.6 Å². The van der Waals surface area contributed by atoms with E-state index in [0.717, 1.165) is 0 Å². The number of fused-ring (bicyclic) bond motifs is 1. The highest BCUT2D eigenvalue weighted by Crippen LogP contribution is 2.37. The maximum Gasteiger partial charge on any atom is 0.213 e. The summed E-state index contributed by atoms with van der Waals surface area (Å²) in [6, 6.07) is 3.12. The Balaban J connectivity index is 2.01. The molecule has 3 aromatic heterocycles. The molecule has 0 fully saturated rings. The number of nitrogen functional groups attached to an aromatic ring is 1. The first-order valence-electron chi connectivity index (χ1n) is 12.0. The number of ketones is 1. The van der Waals surface area contributed by atoms with Gasteiger partial charge in [0.15, 0.2) is 18.1 Å². The first kappa shape index (κ1) is 27.2. The zero-order valence-corrected chi connectivity index (χ0v) is 24.7. The fourth-order valence-corrected chi connectivity index (χ4v) is 5.43. The summed E-state index contributed by atoms with van der Waals surface area (Å²) in [7, 11) is -2.76. The number of carbonyl (C=O) groups excluding carboxylic acids is 1. The predicted molar refractivity (Wildman–Crippen MR) is 146 cm³/mol. The number of pyridine rings is 1. The molecule has 190 valence electrons. The monoisotopic (exact) mass is 513 g/mol. The number of nitrogens with zero attached hydrogens (tertiary/aromatic N) is 4. The Labute approximate surface area is 211 Å². The van der Waals surface area contributed by atoms with Gasteiger partial charge in [-0.25, -0.2) is 9.97 Å². The maximum atomic E-state index is 13.4. The molecule has 3 aromatic rings. The molecule has 0 bridgehead atoms. The Bertz CT molecular complexity index is 1180. The molecule has 3 rings (SSSR count). The summed E-state index contributed by atoms with van der Waals surface area (Å²) in [5, 5.41) is 0.929. The third-order valence-electron chi connectivity index (χ3n) is 6.44. The van der Waals surface area contributed by atoms with Crippen molar-refractivity contribution in [1.82, 2.24) is 19.5 Å². The van der Waals surface area contributed by atoms with Crippen LogP contribution >= 0.6 is 0 Å². The highest BCUT2D eigenvalue weighted by Gasteiger charge is 2.38. The first-order valence-corrected chi connectivity index (χ1v) is 16.2. The number of hydrogen-bond donors (Lipinski definition) is 1. The summed E-state index contributed by atoms with van der Waals surface area (Å²) in [6.45, 7) is 18.7. The van der Waals surface area contributed by atoms with Crippen LogP contribution in [-0.4, -0.2) is 56.6 Å². The van der Waals surface area contributed by atoms with E-state index >= 15 is 0 Å². The molecule has 2 N–H and O–H groups in total. The van der Waals surface area contributed by atoms with Crippen LogP contribution in [0.5, 0.6) is 0 Å². The van der Waals surface area contributed by atoms with E-state index in [1.807, 2.05) is 10.8 Å². The van der Waals surface area contributed by atoms with Gasteiger partial charge in [-0.2, -0.15) is 0 Å². The molecule has 0 saturated heterocycles. The van der Waals surface area contributed by atoms with Crippen LogP contribution in [0.1, 0.15) is 63.6 Å². The van der Waals surface area contributed by atoms with Crippen LogP contribution in [0.4, 0.5) is 5.69 Å². The molecule has 10 heteroatoms. The van der Waals surface area contributed by atoms with Crippen LogP contribution in [0.15, 0.2) is 37.1 Å². The average molecular weight is 514 g/mol. The van der Waals surface area contributed by atoms with Crippen molar-refractivity contribution >= 4 is 40.6 Å². The molecule has 0 radical (unpaired) electrons. The smallest absolute Gasteiger partial charge is 0.213 e. The number of hydrogen-bond acceptors (Lipinski definition) is 7. The molecular weight excluding hydrogens is 474 g/mol. The van der Waals surface area contributed by atoms with Gasteiger partial charge in [0, 0.05) is 29.7 Å². The van der Waals surface area contributed by atoms with E-state index in [-0.39, 0.29) is 21.9 Å². The predicted octanol–water partition coefficient (Wildman–Crippen LogP) is 4.52. The zero-order chi connectivity index (χ0) is 26.0. The minimum absolute atomic E-state index is 0.0829.